The van der Waals surface area contributed by atoms with Gasteiger partial charge in [-0.05, 0) is 104 Å². The molecule has 59 heavy (non-hydrogen) atoms. The van der Waals surface area contributed by atoms with Crippen molar-refractivity contribution in [3.05, 3.63) is 241 Å². The lowest BCUT2D eigenvalue weighted by atomic mass is 9.76. The Labute approximate surface area is 345 Å². The molecule has 0 saturated heterocycles. The molecule has 2 unspecified atom stereocenters. The van der Waals surface area contributed by atoms with Gasteiger partial charge in [-0.15, -0.1) is 0 Å². The Hall–Kier alpha value is -7.62. The second-order valence-corrected chi connectivity index (χ2v) is 15.6. The van der Waals surface area contributed by atoms with Crippen molar-refractivity contribution in [1.82, 2.24) is 0 Å². The van der Waals surface area contributed by atoms with Crippen molar-refractivity contribution in [2.24, 2.45) is 0 Å². The summed E-state index contributed by atoms with van der Waals surface area (Å²) in [5, 5.41) is 13.8. The summed E-state index contributed by atoms with van der Waals surface area (Å²) in [5.41, 5.74) is 17.6. The van der Waals surface area contributed by atoms with Crippen LogP contribution < -0.4 is 16.0 Å². The molecule has 0 spiro atoms. The van der Waals surface area contributed by atoms with Crippen LogP contribution in [0.1, 0.15) is 22.7 Å². The second-order valence-electron chi connectivity index (χ2n) is 15.6. The normalized spacial score (nSPS) is 16.3. The molecule has 9 aromatic rings. The molecule has 3 heteroatoms. The van der Waals surface area contributed by atoms with Crippen molar-refractivity contribution in [1.29, 1.82) is 0 Å². The van der Waals surface area contributed by atoms with Crippen LogP contribution in [0.15, 0.2) is 224 Å². The van der Waals surface area contributed by atoms with Gasteiger partial charge in [-0.1, -0.05) is 170 Å². The Kier molecular flexibility index (Phi) is 8.45. The third-order valence-corrected chi connectivity index (χ3v) is 12.0. The summed E-state index contributed by atoms with van der Waals surface area (Å²) in [5.74, 6) is 0. The minimum absolute atomic E-state index is 0.102. The summed E-state index contributed by atoms with van der Waals surface area (Å²) >= 11 is 0. The highest BCUT2D eigenvalue weighted by molar-refractivity contribution is 6.04. The van der Waals surface area contributed by atoms with E-state index in [-0.39, 0.29) is 11.5 Å². The fourth-order valence-corrected chi connectivity index (χ4v) is 9.15. The van der Waals surface area contributed by atoms with Gasteiger partial charge in [-0.2, -0.15) is 0 Å². The van der Waals surface area contributed by atoms with Gasteiger partial charge in [-0.3, -0.25) is 0 Å². The zero-order valence-corrected chi connectivity index (χ0v) is 32.4. The number of nitrogens with one attached hydrogen (secondary N) is 3. The SMILES string of the molecule is C1=C2c3ccccc3NC(c3ccc(Nc4ccccc4-c4cccc(-c5cccc(-c6c(Nc7ccccc7)ccc7ccccc67)c5)c4)cc3)C12c1ccccc1. The van der Waals surface area contributed by atoms with E-state index in [4.69, 9.17) is 0 Å². The smallest absolute Gasteiger partial charge is 0.0686 e. The molecule has 3 nitrogen and oxygen atoms in total. The topological polar surface area (TPSA) is 36.1 Å². The summed E-state index contributed by atoms with van der Waals surface area (Å²) in [4.78, 5) is 0. The van der Waals surface area contributed by atoms with Crippen molar-refractivity contribution in [3.8, 4) is 33.4 Å². The Bertz CT molecular complexity index is 3020. The van der Waals surface area contributed by atoms with Crippen LogP contribution in [0.3, 0.4) is 0 Å². The van der Waals surface area contributed by atoms with Crippen molar-refractivity contribution >= 4 is 44.8 Å². The van der Waals surface area contributed by atoms with Crippen LogP contribution in [0.4, 0.5) is 28.4 Å². The zero-order valence-electron chi connectivity index (χ0n) is 32.4. The molecular formula is C56H41N3. The van der Waals surface area contributed by atoms with Crippen molar-refractivity contribution in [2.75, 3.05) is 16.0 Å². The van der Waals surface area contributed by atoms with E-state index in [0.717, 1.165) is 33.9 Å². The molecule has 1 heterocycles. The van der Waals surface area contributed by atoms with Crippen LogP contribution in [0, 0.1) is 0 Å². The van der Waals surface area contributed by atoms with Crippen LogP contribution in [-0.2, 0) is 5.41 Å². The predicted molar refractivity (Wildman–Crippen MR) is 249 cm³/mol. The highest BCUT2D eigenvalue weighted by Gasteiger charge is 2.55. The molecule has 280 valence electrons. The van der Waals surface area contributed by atoms with Crippen LogP contribution in [-0.4, -0.2) is 0 Å². The number of benzene rings is 9. The first-order chi connectivity index (χ1) is 29.2. The van der Waals surface area contributed by atoms with E-state index in [9.17, 15) is 0 Å². The molecule has 0 bridgehead atoms. The Morgan fingerprint density at radius 2 is 1.03 bits per heavy atom. The van der Waals surface area contributed by atoms with Crippen LogP contribution >= 0.6 is 0 Å². The van der Waals surface area contributed by atoms with Gasteiger partial charge in [0.25, 0.3) is 0 Å². The quantitative estimate of drug-likeness (QED) is 0.137. The van der Waals surface area contributed by atoms with Gasteiger partial charge in [0.05, 0.1) is 11.5 Å². The molecule has 0 fully saturated rings. The molecule has 2 aliphatic rings. The number of hydrogen-bond acceptors (Lipinski definition) is 3. The molecule has 2 atom stereocenters. The first-order valence-electron chi connectivity index (χ1n) is 20.4. The second kappa shape index (κ2) is 14.4. The van der Waals surface area contributed by atoms with E-state index in [1.165, 1.54) is 61.0 Å². The number of para-hydroxylation sites is 3. The highest BCUT2D eigenvalue weighted by Crippen LogP contribution is 2.64. The monoisotopic (exact) mass is 755 g/mol. The fourth-order valence-electron chi connectivity index (χ4n) is 9.15. The number of hydrogen-bond donors (Lipinski definition) is 3. The molecule has 11 rings (SSSR count). The van der Waals surface area contributed by atoms with E-state index in [2.05, 4.69) is 234 Å². The largest absolute Gasteiger partial charge is 0.376 e. The van der Waals surface area contributed by atoms with Gasteiger partial charge in [0.1, 0.15) is 0 Å². The van der Waals surface area contributed by atoms with E-state index < -0.39 is 0 Å². The number of rotatable bonds is 9. The average molecular weight is 756 g/mol. The lowest BCUT2D eigenvalue weighted by Crippen LogP contribution is -2.31. The maximum Gasteiger partial charge on any atom is 0.0686 e. The third-order valence-electron chi connectivity index (χ3n) is 12.0. The Balaban J connectivity index is 0.891. The summed E-state index contributed by atoms with van der Waals surface area (Å²) < 4.78 is 0. The highest BCUT2D eigenvalue weighted by atomic mass is 15.0. The Morgan fingerprint density at radius 3 is 1.85 bits per heavy atom. The lowest BCUT2D eigenvalue weighted by Gasteiger charge is -2.36. The van der Waals surface area contributed by atoms with Crippen LogP contribution in [0.5, 0.6) is 0 Å². The molecule has 0 radical (unpaired) electrons. The van der Waals surface area contributed by atoms with Gasteiger partial charge >= 0.3 is 0 Å². The van der Waals surface area contributed by atoms with E-state index in [1.807, 2.05) is 6.07 Å². The van der Waals surface area contributed by atoms with Crippen molar-refractivity contribution < 1.29 is 0 Å². The lowest BCUT2D eigenvalue weighted by molar-refractivity contribution is 0.626. The summed E-state index contributed by atoms with van der Waals surface area (Å²) in [6, 6.07) is 78.5. The predicted octanol–water partition coefficient (Wildman–Crippen LogP) is 14.8. The van der Waals surface area contributed by atoms with Gasteiger partial charge in [0, 0.05) is 45.1 Å². The van der Waals surface area contributed by atoms with E-state index in [0.29, 0.717) is 0 Å². The standard InChI is InChI=1S/C56H41N3/c1-3-20-44(21-4-1)56-37-50(56)49-26-10-12-28-52(49)59-55(56)39-29-32-46(33-30-39)57-51-27-11-9-24-47(51)42-18-13-16-40(35-42)41-17-14-19-43(36-41)54-48-25-8-7-15-38(48)31-34-53(54)58-45-22-5-2-6-23-45/h1-37,55,57-59H. The summed E-state index contributed by atoms with van der Waals surface area (Å²) in [6.07, 6.45) is 2.45. The van der Waals surface area contributed by atoms with E-state index in [1.54, 1.807) is 0 Å². The molecule has 0 aromatic heterocycles. The van der Waals surface area contributed by atoms with E-state index >= 15 is 0 Å². The molecule has 0 amide bonds. The van der Waals surface area contributed by atoms with Gasteiger partial charge < -0.3 is 16.0 Å². The first kappa shape index (κ1) is 34.6. The molecule has 9 aromatic carbocycles. The van der Waals surface area contributed by atoms with Crippen molar-refractivity contribution in [3.63, 3.8) is 0 Å². The molecule has 1 aliphatic carbocycles. The maximum absolute atomic E-state index is 3.92. The molecule has 0 saturated carbocycles. The third kappa shape index (κ3) is 6.25. The Morgan fingerprint density at radius 1 is 0.424 bits per heavy atom. The van der Waals surface area contributed by atoms with Gasteiger partial charge in [0.15, 0.2) is 0 Å². The van der Waals surface area contributed by atoms with Crippen LogP contribution in [0.25, 0.3) is 49.7 Å². The number of anilines is 5. The van der Waals surface area contributed by atoms with Crippen molar-refractivity contribution in [2.45, 2.75) is 11.5 Å². The number of fused-ring (bicyclic) bond motifs is 4. The van der Waals surface area contributed by atoms with Gasteiger partial charge in [0.2, 0.25) is 0 Å². The average Bonchev–Trinajstić information content (AvgIpc) is 4.08. The minimum atomic E-state index is -0.155. The molecular weight excluding hydrogens is 715 g/mol. The van der Waals surface area contributed by atoms with Gasteiger partial charge in [-0.25, -0.2) is 0 Å². The fraction of sp³-hybridized carbons (Fsp3) is 0.0357. The summed E-state index contributed by atoms with van der Waals surface area (Å²) in [6.45, 7) is 0. The first-order valence-corrected chi connectivity index (χ1v) is 20.4. The van der Waals surface area contributed by atoms with Crippen LogP contribution in [0.2, 0.25) is 0 Å². The molecule has 3 N–H and O–H groups in total. The zero-order chi connectivity index (χ0) is 39.2. The molecule has 1 aliphatic heterocycles. The maximum atomic E-state index is 3.92. The minimum Gasteiger partial charge on any atom is -0.376 e. The summed E-state index contributed by atoms with van der Waals surface area (Å²) in [7, 11) is 0.